The maximum atomic E-state index is 10.3. The molecule has 0 aromatic rings. The topological polar surface area (TPSA) is 17.1 Å². The predicted octanol–water partition coefficient (Wildman–Crippen LogP) is 2.40. The van der Waals surface area contributed by atoms with E-state index in [1.807, 2.05) is 6.08 Å². The van der Waals surface area contributed by atoms with Gasteiger partial charge in [-0.15, -0.1) is 0 Å². The quantitative estimate of drug-likeness (QED) is 0.430. The number of hydrogen-bond acceptors (Lipinski definition) is 1. The first kappa shape index (κ1) is 12.1. The van der Waals surface area contributed by atoms with Gasteiger partial charge in [-0.3, -0.25) is 4.79 Å². The molecule has 0 heterocycles. The van der Waals surface area contributed by atoms with E-state index in [1.54, 1.807) is 13.0 Å². The van der Waals surface area contributed by atoms with E-state index in [9.17, 15) is 4.79 Å². The SMILES string of the molecule is CCCCC=CC(C)=O.[C]. The molecule has 0 fully saturated rings. The van der Waals surface area contributed by atoms with Crippen molar-refractivity contribution in [2.75, 3.05) is 0 Å². The van der Waals surface area contributed by atoms with Crippen molar-refractivity contribution in [3.05, 3.63) is 19.6 Å². The Balaban J connectivity index is 0. The Kier molecular flexibility index (Phi) is 10.2. The smallest absolute Gasteiger partial charge is 0.152 e. The first-order valence-electron chi connectivity index (χ1n) is 3.44. The van der Waals surface area contributed by atoms with E-state index >= 15 is 0 Å². The summed E-state index contributed by atoms with van der Waals surface area (Å²) in [5.41, 5.74) is 0. The van der Waals surface area contributed by atoms with E-state index in [4.69, 9.17) is 0 Å². The molecule has 10 heavy (non-hydrogen) atoms. The van der Waals surface area contributed by atoms with Crippen molar-refractivity contribution in [1.29, 1.82) is 0 Å². The highest BCUT2D eigenvalue weighted by Gasteiger charge is 1.80. The van der Waals surface area contributed by atoms with Gasteiger partial charge in [0.1, 0.15) is 0 Å². The molecule has 0 aromatic heterocycles. The summed E-state index contributed by atoms with van der Waals surface area (Å²) in [6, 6.07) is 0. The van der Waals surface area contributed by atoms with Crippen molar-refractivity contribution in [1.82, 2.24) is 0 Å². The fraction of sp³-hybridized carbons (Fsp3) is 0.556. The number of carbonyl (C=O) groups excluding carboxylic acids is 1. The molecule has 1 nitrogen and oxygen atoms in total. The Hall–Kier alpha value is -0.590. The number of unbranched alkanes of at least 4 members (excludes halogenated alkanes) is 2. The molecule has 0 aliphatic rings. The normalized spacial score (nSPS) is 9.40. The molecule has 56 valence electrons. The molecule has 0 unspecified atom stereocenters. The number of hydrogen-bond donors (Lipinski definition) is 0. The minimum Gasteiger partial charge on any atom is -0.295 e. The van der Waals surface area contributed by atoms with Gasteiger partial charge in [-0.1, -0.05) is 25.8 Å². The monoisotopic (exact) mass is 138 g/mol. The van der Waals surface area contributed by atoms with Gasteiger partial charge >= 0.3 is 0 Å². The van der Waals surface area contributed by atoms with Crippen LogP contribution in [0.15, 0.2) is 12.2 Å². The zero-order chi connectivity index (χ0) is 7.11. The van der Waals surface area contributed by atoms with E-state index in [2.05, 4.69) is 6.92 Å². The lowest BCUT2D eigenvalue weighted by Gasteiger charge is -1.85. The molecular formula is C9H14O. The summed E-state index contributed by atoms with van der Waals surface area (Å²) < 4.78 is 0. The van der Waals surface area contributed by atoms with Crippen LogP contribution in [0.4, 0.5) is 0 Å². The minimum absolute atomic E-state index is 0. The van der Waals surface area contributed by atoms with Gasteiger partial charge in [0.15, 0.2) is 5.78 Å². The van der Waals surface area contributed by atoms with Crippen molar-refractivity contribution < 1.29 is 4.79 Å². The number of carbonyl (C=O) groups is 1. The minimum atomic E-state index is 0. The van der Waals surface area contributed by atoms with Gasteiger partial charge in [0.05, 0.1) is 0 Å². The van der Waals surface area contributed by atoms with E-state index in [1.165, 1.54) is 12.8 Å². The van der Waals surface area contributed by atoms with Crippen LogP contribution in [0.25, 0.3) is 0 Å². The number of rotatable bonds is 4. The van der Waals surface area contributed by atoms with Gasteiger partial charge in [-0.05, 0) is 19.4 Å². The number of allylic oxidation sites excluding steroid dienone is 2. The molecular weight excluding hydrogens is 124 g/mol. The van der Waals surface area contributed by atoms with Crippen LogP contribution in [0.2, 0.25) is 0 Å². The van der Waals surface area contributed by atoms with E-state index in [0.29, 0.717) is 0 Å². The van der Waals surface area contributed by atoms with Crippen LogP contribution < -0.4 is 0 Å². The Morgan fingerprint density at radius 2 is 2.10 bits per heavy atom. The largest absolute Gasteiger partial charge is 0.295 e. The maximum Gasteiger partial charge on any atom is 0.152 e. The molecule has 0 aliphatic heterocycles. The van der Waals surface area contributed by atoms with Gasteiger partial charge in [-0.2, -0.15) is 0 Å². The summed E-state index contributed by atoms with van der Waals surface area (Å²) in [6.45, 7) is 3.71. The summed E-state index contributed by atoms with van der Waals surface area (Å²) in [4.78, 5) is 10.3. The second kappa shape index (κ2) is 8.41. The van der Waals surface area contributed by atoms with Gasteiger partial charge in [0, 0.05) is 7.43 Å². The fourth-order valence-corrected chi connectivity index (χ4v) is 0.571. The van der Waals surface area contributed by atoms with E-state index in [0.717, 1.165) is 6.42 Å². The Bertz CT molecular complexity index is 103. The van der Waals surface area contributed by atoms with Gasteiger partial charge in [0.2, 0.25) is 0 Å². The highest BCUT2D eigenvalue weighted by molar-refractivity contribution is 5.87. The molecule has 0 aromatic carbocycles. The third-order valence-corrected chi connectivity index (χ3v) is 1.08. The molecule has 0 aliphatic carbocycles. The van der Waals surface area contributed by atoms with Crippen LogP contribution >= 0.6 is 0 Å². The second-order valence-corrected chi connectivity index (χ2v) is 2.16. The summed E-state index contributed by atoms with van der Waals surface area (Å²) >= 11 is 0. The van der Waals surface area contributed by atoms with E-state index < -0.39 is 0 Å². The zero-order valence-corrected chi connectivity index (χ0v) is 6.68. The van der Waals surface area contributed by atoms with Crippen molar-refractivity contribution in [2.24, 2.45) is 0 Å². The fourth-order valence-electron chi connectivity index (χ4n) is 0.571. The van der Waals surface area contributed by atoms with Gasteiger partial charge < -0.3 is 0 Å². The lowest BCUT2D eigenvalue weighted by Crippen LogP contribution is -1.79. The van der Waals surface area contributed by atoms with Crippen molar-refractivity contribution >= 4 is 5.78 Å². The molecule has 0 amide bonds. The van der Waals surface area contributed by atoms with Crippen LogP contribution in [0.1, 0.15) is 33.1 Å². The van der Waals surface area contributed by atoms with Gasteiger partial charge in [0.25, 0.3) is 0 Å². The van der Waals surface area contributed by atoms with Gasteiger partial charge in [-0.25, -0.2) is 0 Å². The van der Waals surface area contributed by atoms with Crippen LogP contribution in [-0.2, 0) is 4.79 Å². The molecule has 0 saturated heterocycles. The average molecular weight is 138 g/mol. The summed E-state index contributed by atoms with van der Waals surface area (Å²) in [5, 5.41) is 0. The van der Waals surface area contributed by atoms with Crippen LogP contribution in [-0.4, -0.2) is 5.78 Å². The van der Waals surface area contributed by atoms with Crippen LogP contribution in [0.3, 0.4) is 0 Å². The highest BCUT2D eigenvalue weighted by atomic mass is 16.1. The molecule has 0 atom stereocenters. The molecule has 0 bridgehead atoms. The highest BCUT2D eigenvalue weighted by Crippen LogP contribution is 1.94. The van der Waals surface area contributed by atoms with Crippen molar-refractivity contribution in [2.45, 2.75) is 33.1 Å². The third-order valence-electron chi connectivity index (χ3n) is 1.08. The summed E-state index contributed by atoms with van der Waals surface area (Å²) in [6.07, 6.45) is 6.99. The first-order chi connectivity index (χ1) is 4.27. The standard InChI is InChI=1S/C8H14O.C/c1-3-4-5-6-7-8(2)9;/h6-7H,3-5H2,1-2H3;. The molecule has 1 heteroatoms. The first-order valence-corrected chi connectivity index (χ1v) is 3.44. The van der Waals surface area contributed by atoms with E-state index in [-0.39, 0.29) is 13.2 Å². The van der Waals surface area contributed by atoms with Crippen molar-refractivity contribution in [3.63, 3.8) is 0 Å². The van der Waals surface area contributed by atoms with Crippen molar-refractivity contribution in [3.8, 4) is 0 Å². The Morgan fingerprint density at radius 3 is 2.50 bits per heavy atom. The third kappa shape index (κ3) is 10.4. The lowest BCUT2D eigenvalue weighted by molar-refractivity contribution is -0.112. The maximum absolute atomic E-state index is 10.3. The van der Waals surface area contributed by atoms with Crippen LogP contribution in [0, 0.1) is 7.43 Å². The predicted molar refractivity (Wildman–Crippen MR) is 42.6 cm³/mol. The van der Waals surface area contributed by atoms with Crippen LogP contribution in [0.5, 0.6) is 0 Å². The zero-order valence-electron chi connectivity index (χ0n) is 6.68. The Morgan fingerprint density at radius 1 is 1.50 bits per heavy atom. The lowest BCUT2D eigenvalue weighted by atomic mass is 10.2. The average Bonchev–Trinajstić information content (AvgIpc) is 1.80. The summed E-state index contributed by atoms with van der Waals surface area (Å²) in [5.74, 6) is 0.145. The molecule has 0 spiro atoms. The second-order valence-electron chi connectivity index (χ2n) is 2.16. The molecule has 0 rings (SSSR count). The Labute approximate surface area is 64.1 Å². The summed E-state index contributed by atoms with van der Waals surface area (Å²) in [7, 11) is 0. The number of ketones is 1. The molecule has 0 N–H and O–H groups in total. The molecule has 0 saturated carbocycles. The molecule has 4 radical (unpaired) electrons.